The average Bonchev–Trinajstić information content (AvgIpc) is 2.65. The van der Waals surface area contributed by atoms with Gasteiger partial charge in [0.25, 0.3) is 5.91 Å². The molecule has 126 valence electrons. The van der Waals surface area contributed by atoms with E-state index < -0.39 is 0 Å². The molecule has 1 N–H and O–H groups in total. The highest BCUT2D eigenvalue weighted by Gasteiger charge is 2.09. The van der Waals surface area contributed by atoms with Gasteiger partial charge in [0, 0.05) is 0 Å². The molecule has 0 spiro atoms. The molecule has 0 heterocycles. The molecule has 3 rings (SSSR count). The first-order valence-electron chi connectivity index (χ1n) is 7.65. The molecule has 25 heavy (non-hydrogen) atoms. The Hall–Kier alpha value is -2.49. The highest BCUT2D eigenvalue weighted by Crippen LogP contribution is 2.29. The van der Waals surface area contributed by atoms with Crippen molar-refractivity contribution in [1.29, 1.82) is 0 Å². The molecule has 0 radical (unpaired) electrons. The number of amides is 1. The van der Waals surface area contributed by atoms with Gasteiger partial charge >= 0.3 is 0 Å². The van der Waals surface area contributed by atoms with E-state index in [2.05, 4.69) is 5.32 Å². The summed E-state index contributed by atoms with van der Waals surface area (Å²) in [6.45, 7) is -0.118. The molecule has 5 heteroatoms. The van der Waals surface area contributed by atoms with Crippen LogP contribution in [0.3, 0.4) is 0 Å². The van der Waals surface area contributed by atoms with Crippen LogP contribution in [0.25, 0.3) is 11.1 Å². The van der Waals surface area contributed by atoms with Crippen LogP contribution in [-0.4, -0.2) is 12.5 Å². The van der Waals surface area contributed by atoms with Gasteiger partial charge in [-0.15, -0.1) is 0 Å². The van der Waals surface area contributed by atoms with Crippen LogP contribution >= 0.6 is 23.2 Å². The summed E-state index contributed by atoms with van der Waals surface area (Å²) < 4.78 is 5.51. The van der Waals surface area contributed by atoms with Crippen molar-refractivity contribution in [2.24, 2.45) is 0 Å². The fraction of sp³-hybridized carbons (Fsp3) is 0.0500. The number of carbonyl (C=O) groups excluding carboxylic acids is 1. The number of halogens is 2. The van der Waals surface area contributed by atoms with E-state index in [-0.39, 0.29) is 12.5 Å². The zero-order valence-electron chi connectivity index (χ0n) is 13.2. The number of rotatable bonds is 5. The maximum Gasteiger partial charge on any atom is 0.262 e. The molecule has 0 aliphatic heterocycles. The molecule has 0 bridgehead atoms. The van der Waals surface area contributed by atoms with Gasteiger partial charge in [0.15, 0.2) is 6.61 Å². The number of hydrogen-bond acceptors (Lipinski definition) is 2. The van der Waals surface area contributed by atoms with Gasteiger partial charge < -0.3 is 10.1 Å². The number of ether oxygens (including phenoxy) is 1. The van der Waals surface area contributed by atoms with Crippen LogP contribution < -0.4 is 10.1 Å². The monoisotopic (exact) mass is 371 g/mol. The van der Waals surface area contributed by atoms with Crippen molar-refractivity contribution in [2.45, 2.75) is 0 Å². The fourth-order valence-electron chi connectivity index (χ4n) is 2.31. The van der Waals surface area contributed by atoms with E-state index in [9.17, 15) is 4.79 Å². The van der Waals surface area contributed by atoms with Crippen LogP contribution in [0.4, 0.5) is 5.69 Å². The van der Waals surface area contributed by atoms with Gasteiger partial charge in [0.2, 0.25) is 0 Å². The van der Waals surface area contributed by atoms with Crippen LogP contribution in [-0.2, 0) is 4.79 Å². The van der Waals surface area contributed by atoms with Gasteiger partial charge in [-0.25, -0.2) is 0 Å². The van der Waals surface area contributed by atoms with Gasteiger partial charge in [-0.2, -0.15) is 0 Å². The number of benzene rings is 3. The van der Waals surface area contributed by atoms with E-state index >= 15 is 0 Å². The molecule has 0 unspecified atom stereocenters. The third-order valence-electron chi connectivity index (χ3n) is 3.56. The SMILES string of the molecule is O=C(COc1ccc(-c2ccccc2)cc1)Nc1cccc(Cl)c1Cl. The van der Waals surface area contributed by atoms with Gasteiger partial charge in [0.05, 0.1) is 15.7 Å². The minimum absolute atomic E-state index is 0.118. The molecule has 0 fully saturated rings. The highest BCUT2D eigenvalue weighted by atomic mass is 35.5. The maximum atomic E-state index is 12.0. The summed E-state index contributed by atoms with van der Waals surface area (Å²) in [5, 5.41) is 3.37. The molecule has 0 aliphatic rings. The Morgan fingerprint density at radius 3 is 2.24 bits per heavy atom. The summed E-state index contributed by atoms with van der Waals surface area (Å²) in [4.78, 5) is 12.0. The molecule has 0 aliphatic carbocycles. The van der Waals surface area contributed by atoms with E-state index in [1.165, 1.54) is 0 Å². The lowest BCUT2D eigenvalue weighted by Crippen LogP contribution is -2.20. The normalized spacial score (nSPS) is 10.3. The zero-order valence-corrected chi connectivity index (χ0v) is 14.7. The zero-order chi connectivity index (χ0) is 17.6. The third-order valence-corrected chi connectivity index (χ3v) is 4.38. The lowest BCUT2D eigenvalue weighted by Gasteiger charge is -2.10. The molecule has 3 aromatic carbocycles. The number of hydrogen-bond donors (Lipinski definition) is 1. The van der Waals surface area contributed by atoms with Crippen LogP contribution in [0.15, 0.2) is 72.8 Å². The minimum Gasteiger partial charge on any atom is -0.484 e. The molecule has 0 saturated carbocycles. The standard InChI is InChI=1S/C20H15Cl2NO2/c21-17-7-4-8-18(20(17)22)23-19(24)13-25-16-11-9-15(10-12-16)14-5-2-1-3-6-14/h1-12H,13H2,(H,23,24). The van der Waals surface area contributed by atoms with Crippen LogP contribution in [0.2, 0.25) is 10.0 Å². The van der Waals surface area contributed by atoms with Crippen molar-refractivity contribution in [1.82, 2.24) is 0 Å². The first-order chi connectivity index (χ1) is 12.1. The predicted molar refractivity (Wildman–Crippen MR) is 102 cm³/mol. The summed E-state index contributed by atoms with van der Waals surface area (Å²) in [5.74, 6) is 0.309. The Balaban J connectivity index is 1.58. The van der Waals surface area contributed by atoms with Gasteiger partial charge in [-0.3, -0.25) is 4.79 Å². The van der Waals surface area contributed by atoms with E-state index in [0.29, 0.717) is 21.5 Å². The lowest BCUT2D eigenvalue weighted by atomic mass is 10.1. The number of nitrogens with one attached hydrogen (secondary N) is 1. The smallest absolute Gasteiger partial charge is 0.262 e. The summed E-state index contributed by atoms with van der Waals surface area (Å²) in [6, 6.07) is 22.7. The first-order valence-corrected chi connectivity index (χ1v) is 8.41. The summed E-state index contributed by atoms with van der Waals surface area (Å²) in [6.07, 6.45) is 0. The van der Waals surface area contributed by atoms with Crippen molar-refractivity contribution in [3.8, 4) is 16.9 Å². The first kappa shape index (κ1) is 17.3. The van der Waals surface area contributed by atoms with Crippen LogP contribution in [0, 0.1) is 0 Å². The second-order valence-corrected chi connectivity index (χ2v) is 6.11. The second kappa shape index (κ2) is 8.06. The van der Waals surface area contributed by atoms with Crippen molar-refractivity contribution >= 4 is 34.8 Å². The maximum absolute atomic E-state index is 12.0. The predicted octanol–water partition coefficient (Wildman–Crippen LogP) is 5.68. The molecule has 3 aromatic rings. The van der Waals surface area contributed by atoms with Crippen molar-refractivity contribution in [3.63, 3.8) is 0 Å². The van der Waals surface area contributed by atoms with Crippen molar-refractivity contribution in [2.75, 3.05) is 11.9 Å². The quantitative estimate of drug-likeness (QED) is 0.626. The third kappa shape index (κ3) is 4.53. The second-order valence-electron chi connectivity index (χ2n) is 5.33. The number of carbonyl (C=O) groups is 1. The molecule has 1 amide bonds. The largest absolute Gasteiger partial charge is 0.484 e. The van der Waals surface area contributed by atoms with E-state index in [1.54, 1.807) is 18.2 Å². The molecule has 0 saturated heterocycles. The molecular weight excluding hydrogens is 357 g/mol. The van der Waals surface area contributed by atoms with E-state index in [1.807, 2.05) is 54.6 Å². The van der Waals surface area contributed by atoms with Crippen LogP contribution in [0.5, 0.6) is 5.75 Å². The molecule has 0 atom stereocenters. The van der Waals surface area contributed by atoms with Gasteiger partial charge in [0.1, 0.15) is 5.75 Å². The highest BCUT2D eigenvalue weighted by molar-refractivity contribution is 6.43. The Labute approximate surface area is 156 Å². The van der Waals surface area contributed by atoms with E-state index in [4.69, 9.17) is 27.9 Å². The Morgan fingerprint density at radius 1 is 0.840 bits per heavy atom. The summed E-state index contributed by atoms with van der Waals surface area (Å²) >= 11 is 12.0. The number of anilines is 1. The minimum atomic E-state index is -0.309. The fourth-order valence-corrected chi connectivity index (χ4v) is 2.66. The Bertz CT molecular complexity index is 865. The van der Waals surface area contributed by atoms with Crippen molar-refractivity contribution < 1.29 is 9.53 Å². The topological polar surface area (TPSA) is 38.3 Å². The molecule has 0 aromatic heterocycles. The van der Waals surface area contributed by atoms with E-state index in [0.717, 1.165) is 11.1 Å². The molecular formula is C20H15Cl2NO2. The summed E-state index contributed by atoms with van der Waals surface area (Å²) in [5.41, 5.74) is 2.67. The van der Waals surface area contributed by atoms with Crippen molar-refractivity contribution in [3.05, 3.63) is 82.8 Å². The Kier molecular flexibility index (Phi) is 5.59. The van der Waals surface area contributed by atoms with Gasteiger partial charge in [-0.05, 0) is 35.4 Å². The van der Waals surface area contributed by atoms with Gasteiger partial charge in [-0.1, -0.05) is 71.7 Å². The molecule has 3 nitrogen and oxygen atoms in total. The Morgan fingerprint density at radius 2 is 1.52 bits per heavy atom. The van der Waals surface area contributed by atoms with Crippen LogP contribution in [0.1, 0.15) is 0 Å². The lowest BCUT2D eigenvalue weighted by molar-refractivity contribution is -0.118. The average molecular weight is 372 g/mol. The summed E-state index contributed by atoms with van der Waals surface area (Å²) in [7, 11) is 0.